The molecule has 1 aliphatic rings. The summed E-state index contributed by atoms with van der Waals surface area (Å²) in [5.74, 6) is 0.317. The Morgan fingerprint density at radius 1 is 1.50 bits per heavy atom. The van der Waals surface area contributed by atoms with Gasteiger partial charge in [-0.05, 0) is 20.0 Å². The number of ether oxygens (including phenoxy) is 1. The molecular weight excluding hydrogens is 214 g/mol. The van der Waals surface area contributed by atoms with Crippen molar-refractivity contribution in [1.29, 1.82) is 0 Å². The second kappa shape index (κ2) is 7.14. The van der Waals surface area contributed by atoms with Crippen molar-refractivity contribution in [3.8, 4) is 0 Å². The van der Waals surface area contributed by atoms with E-state index in [4.69, 9.17) is 4.74 Å². The molecule has 96 valence electrons. The monoisotopic (exact) mass is 236 g/mol. The Balaban J connectivity index is 2.36. The van der Waals surface area contributed by atoms with Gasteiger partial charge in [0.25, 0.3) is 6.43 Å². The lowest BCUT2D eigenvalue weighted by Gasteiger charge is -2.34. The molecule has 2 unspecified atom stereocenters. The molecule has 0 aromatic carbocycles. The van der Waals surface area contributed by atoms with Gasteiger partial charge >= 0.3 is 0 Å². The molecule has 1 aliphatic heterocycles. The zero-order chi connectivity index (χ0) is 12.0. The number of hydrogen-bond acceptors (Lipinski definition) is 3. The van der Waals surface area contributed by atoms with Crippen LogP contribution in [0.3, 0.4) is 0 Å². The largest absolute Gasteiger partial charge is 0.381 e. The van der Waals surface area contributed by atoms with Gasteiger partial charge in [-0.1, -0.05) is 6.92 Å². The molecule has 1 N–H and O–H groups in total. The van der Waals surface area contributed by atoms with Crippen LogP contribution in [0.2, 0.25) is 0 Å². The summed E-state index contributed by atoms with van der Waals surface area (Å²) in [4.78, 5) is 1.69. The lowest BCUT2D eigenvalue weighted by atomic mass is 9.95. The van der Waals surface area contributed by atoms with Crippen molar-refractivity contribution in [2.45, 2.75) is 25.8 Å². The molecule has 0 aromatic rings. The Kier molecular flexibility index (Phi) is 6.16. The molecule has 0 saturated carbocycles. The Morgan fingerprint density at radius 2 is 2.25 bits per heavy atom. The number of hydrogen-bond donors (Lipinski definition) is 1. The third-order valence-electron chi connectivity index (χ3n) is 2.94. The second-order valence-electron chi connectivity index (χ2n) is 4.40. The summed E-state index contributed by atoms with van der Waals surface area (Å²) < 4.78 is 29.8. The minimum absolute atomic E-state index is 0.157. The highest BCUT2D eigenvalue weighted by atomic mass is 19.3. The minimum atomic E-state index is -2.26. The van der Waals surface area contributed by atoms with Crippen molar-refractivity contribution < 1.29 is 13.5 Å². The quantitative estimate of drug-likeness (QED) is 0.750. The molecule has 0 amide bonds. The standard InChI is InChI=1S/C11H22F2N2O/c1-3-14-10-4-5-16-8-9(10)6-15(2)7-11(12)13/h9-11,14H,3-8H2,1-2H3. The lowest BCUT2D eigenvalue weighted by Crippen LogP contribution is -2.47. The van der Waals surface area contributed by atoms with Gasteiger partial charge < -0.3 is 15.0 Å². The first-order valence-corrected chi connectivity index (χ1v) is 5.91. The zero-order valence-corrected chi connectivity index (χ0v) is 10.1. The van der Waals surface area contributed by atoms with E-state index in [-0.39, 0.29) is 6.54 Å². The van der Waals surface area contributed by atoms with E-state index in [1.807, 2.05) is 0 Å². The van der Waals surface area contributed by atoms with Crippen molar-refractivity contribution in [1.82, 2.24) is 10.2 Å². The van der Waals surface area contributed by atoms with Gasteiger partial charge in [0.05, 0.1) is 13.2 Å². The normalized spacial score (nSPS) is 26.6. The summed E-state index contributed by atoms with van der Waals surface area (Å²) in [6.45, 7) is 4.93. The minimum Gasteiger partial charge on any atom is -0.381 e. The van der Waals surface area contributed by atoms with Gasteiger partial charge in [0, 0.05) is 25.1 Å². The molecule has 2 atom stereocenters. The average Bonchev–Trinajstić information content (AvgIpc) is 2.20. The fraction of sp³-hybridized carbons (Fsp3) is 1.00. The lowest BCUT2D eigenvalue weighted by molar-refractivity contribution is 0.0115. The summed E-state index contributed by atoms with van der Waals surface area (Å²) in [6, 6.07) is 0.402. The zero-order valence-electron chi connectivity index (χ0n) is 10.1. The summed E-state index contributed by atoms with van der Waals surface area (Å²) in [6.07, 6.45) is -1.28. The van der Waals surface area contributed by atoms with Gasteiger partial charge in [-0.2, -0.15) is 0 Å². The van der Waals surface area contributed by atoms with Crippen LogP contribution in [0.1, 0.15) is 13.3 Å². The fourth-order valence-corrected chi connectivity index (χ4v) is 2.22. The molecule has 0 spiro atoms. The predicted molar refractivity (Wildman–Crippen MR) is 59.9 cm³/mol. The molecular formula is C11H22F2N2O. The van der Waals surface area contributed by atoms with Crippen LogP contribution in [0, 0.1) is 5.92 Å². The smallest absolute Gasteiger partial charge is 0.251 e. The SMILES string of the molecule is CCNC1CCOCC1CN(C)CC(F)F. The van der Waals surface area contributed by atoms with E-state index in [2.05, 4.69) is 12.2 Å². The molecule has 16 heavy (non-hydrogen) atoms. The predicted octanol–water partition coefficient (Wildman–Crippen LogP) is 1.20. The van der Waals surface area contributed by atoms with Gasteiger partial charge in [-0.3, -0.25) is 0 Å². The molecule has 0 aliphatic carbocycles. The first kappa shape index (κ1) is 13.8. The summed E-state index contributed by atoms with van der Waals surface area (Å²) in [5.41, 5.74) is 0. The average molecular weight is 236 g/mol. The van der Waals surface area contributed by atoms with E-state index in [1.54, 1.807) is 11.9 Å². The van der Waals surface area contributed by atoms with Crippen molar-refractivity contribution >= 4 is 0 Å². The highest BCUT2D eigenvalue weighted by Gasteiger charge is 2.26. The van der Waals surface area contributed by atoms with Crippen molar-refractivity contribution in [2.75, 3.05) is 39.9 Å². The van der Waals surface area contributed by atoms with Crippen molar-refractivity contribution in [3.63, 3.8) is 0 Å². The highest BCUT2D eigenvalue weighted by molar-refractivity contribution is 4.81. The molecule has 0 radical (unpaired) electrons. The second-order valence-corrected chi connectivity index (χ2v) is 4.40. The van der Waals surface area contributed by atoms with Crippen LogP contribution < -0.4 is 5.32 Å². The van der Waals surface area contributed by atoms with Gasteiger partial charge in [0.15, 0.2) is 0 Å². The highest BCUT2D eigenvalue weighted by Crippen LogP contribution is 2.16. The van der Waals surface area contributed by atoms with Crippen LogP contribution in [0.5, 0.6) is 0 Å². The molecule has 1 heterocycles. The van der Waals surface area contributed by atoms with Crippen LogP contribution in [-0.2, 0) is 4.74 Å². The maximum atomic E-state index is 12.2. The molecule has 3 nitrogen and oxygen atoms in total. The molecule has 1 saturated heterocycles. The van der Waals surface area contributed by atoms with Crippen molar-refractivity contribution in [3.05, 3.63) is 0 Å². The maximum absolute atomic E-state index is 12.2. The van der Waals surface area contributed by atoms with Crippen LogP contribution in [0.25, 0.3) is 0 Å². The van der Waals surface area contributed by atoms with Gasteiger partial charge in [0.1, 0.15) is 0 Å². The number of alkyl halides is 2. The Morgan fingerprint density at radius 3 is 2.88 bits per heavy atom. The molecule has 5 heteroatoms. The van der Waals surface area contributed by atoms with Gasteiger partial charge in [-0.25, -0.2) is 8.78 Å². The van der Waals surface area contributed by atoms with Crippen LogP contribution >= 0.6 is 0 Å². The molecule has 0 bridgehead atoms. The van der Waals surface area contributed by atoms with Crippen LogP contribution in [0.4, 0.5) is 8.78 Å². The van der Waals surface area contributed by atoms with Crippen LogP contribution in [0.15, 0.2) is 0 Å². The van der Waals surface area contributed by atoms with E-state index in [9.17, 15) is 8.78 Å². The van der Waals surface area contributed by atoms with Gasteiger partial charge in [0.2, 0.25) is 0 Å². The molecule has 1 rings (SSSR count). The van der Waals surface area contributed by atoms with E-state index in [0.717, 1.165) is 19.6 Å². The van der Waals surface area contributed by atoms with E-state index in [0.29, 0.717) is 25.1 Å². The third-order valence-corrected chi connectivity index (χ3v) is 2.94. The molecule has 0 aromatic heterocycles. The van der Waals surface area contributed by atoms with Crippen LogP contribution in [-0.4, -0.2) is 57.3 Å². The summed E-state index contributed by atoms with van der Waals surface area (Å²) in [7, 11) is 1.74. The van der Waals surface area contributed by atoms with Gasteiger partial charge in [-0.15, -0.1) is 0 Å². The number of rotatable bonds is 6. The van der Waals surface area contributed by atoms with E-state index in [1.165, 1.54) is 0 Å². The third kappa shape index (κ3) is 4.72. The molecule has 1 fully saturated rings. The maximum Gasteiger partial charge on any atom is 0.251 e. The van der Waals surface area contributed by atoms with E-state index >= 15 is 0 Å². The Labute approximate surface area is 96.1 Å². The number of halogens is 2. The Bertz CT molecular complexity index is 191. The Hall–Kier alpha value is -0.260. The summed E-state index contributed by atoms with van der Waals surface area (Å²) >= 11 is 0. The van der Waals surface area contributed by atoms with Crippen molar-refractivity contribution in [2.24, 2.45) is 5.92 Å². The van der Waals surface area contributed by atoms with E-state index < -0.39 is 6.43 Å². The fourth-order valence-electron chi connectivity index (χ4n) is 2.22. The summed E-state index contributed by atoms with van der Waals surface area (Å²) in [5, 5.41) is 3.40. The topological polar surface area (TPSA) is 24.5 Å². The first-order valence-electron chi connectivity index (χ1n) is 5.91. The number of nitrogens with one attached hydrogen (secondary N) is 1. The first-order chi connectivity index (χ1) is 7.63. The number of nitrogens with zero attached hydrogens (tertiary/aromatic N) is 1.